The third-order valence-electron chi connectivity index (χ3n) is 4.38. The molecule has 0 amide bonds. The molecule has 0 aliphatic heterocycles. The number of aromatic nitrogens is 4. The standard InChI is InChI=1S/C21H19N5O4/c1-29-20(28)14-7-9-16(10-8-14)30-12-11-22-21-24-18-17(19(27)25-21)13-23-26(18)15-5-3-2-4-6-15/h2-10,13H,11-12H2,1H3,(H2,22,24,25,27). The van der Waals surface area contributed by atoms with E-state index in [-0.39, 0.29) is 5.56 Å². The van der Waals surface area contributed by atoms with E-state index in [0.29, 0.717) is 41.4 Å². The summed E-state index contributed by atoms with van der Waals surface area (Å²) in [6.45, 7) is 0.740. The van der Waals surface area contributed by atoms with Crippen LogP contribution in [0.4, 0.5) is 5.95 Å². The maximum absolute atomic E-state index is 12.4. The molecular weight excluding hydrogens is 386 g/mol. The largest absolute Gasteiger partial charge is 0.492 e. The normalized spacial score (nSPS) is 10.7. The minimum absolute atomic E-state index is 0.274. The van der Waals surface area contributed by atoms with Gasteiger partial charge in [-0.1, -0.05) is 18.2 Å². The first-order valence-corrected chi connectivity index (χ1v) is 9.24. The number of benzene rings is 2. The monoisotopic (exact) mass is 405 g/mol. The summed E-state index contributed by atoms with van der Waals surface area (Å²) in [6, 6.07) is 16.1. The van der Waals surface area contributed by atoms with Gasteiger partial charge < -0.3 is 14.8 Å². The number of para-hydroxylation sites is 1. The van der Waals surface area contributed by atoms with Crippen LogP contribution in [0.1, 0.15) is 10.4 Å². The smallest absolute Gasteiger partial charge is 0.337 e. The fraction of sp³-hybridized carbons (Fsp3) is 0.143. The number of nitrogens with one attached hydrogen (secondary N) is 2. The lowest BCUT2D eigenvalue weighted by atomic mass is 10.2. The Bertz CT molecular complexity index is 1220. The highest BCUT2D eigenvalue weighted by Gasteiger charge is 2.11. The lowest BCUT2D eigenvalue weighted by Crippen LogP contribution is -2.17. The van der Waals surface area contributed by atoms with Crippen LogP contribution in [0.3, 0.4) is 0 Å². The van der Waals surface area contributed by atoms with Gasteiger partial charge in [-0.2, -0.15) is 10.1 Å². The Labute approximate surface area is 171 Å². The molecule has 4 aromatic rings. The number of carbonyl (C=O) groups is 1. The van der Waals surface area contributed by atoms with Gasteiger partial charge in [-0.3, -0.25) is 9.78 Å². The van der Waals surface area contributed by atoms with Crippen molar-refractivity contribution >= 4 is 23.0 Å². The molecule has 30 heavy (non-hydrogen) atoms. The van der Waals surface area contributed by atoms with Crippen LogP contribution in [0.5, 0.6) is 5.75 Å². The molecule has 0 atom stereocenters. The van der Waals surface area contributed by atoms with Crippen LogP contribution in [0, 0.1) is 0 Å². The van der Waals surface area contributed by atoms with Crippen LogP contribution in [0.15, 0.2) is 65.6 Å². The number of nitrogens with zero attached hydrogens (tertiary/aromatic N) is 3. The molecule has 2 aromatic heterocycles. The molecule has 0 aliphatic rings. The topological polar surface area (TPSA) is 111 Å². The molecule has 152 valence electrons. The summed E-state index contributed by atoms with van der Waals surface area (Å²) in [4.78, 5) is 31.0. The van der Waals surface area contributed by atoms with E-state index in [9.17, 15) is 9.59 Å². The molecule has 0 radical (unpaired) electrons. The van der Waals surface area contributed by atoms with E-state index in [2.05, 4.69) is 25.1 Å². The van der Waals surface area contributed by atoms with E-state index in [4.69, 9.17) is 4.74 Å². The van der Waals surface area contributed by atoms with Crippen LogP contribution >= 0.6 is 0 Å². The third kappa shape index (κ3) is 4.00. The van der Waals surface area contributed by atoms with E-state index in [1.54, 1.807) is 28.9 Å². The molecule has 2 aromatic carbocycles. The minimum Gasteiger partial charge on any atom is -0.492 e. The van der Waals surface area contributed by atoms with Crippen molar-refractivity contribution in [3.8, 4) is 11.4 Å². The van der Waals surface area contributed by atoms with Crippen molar-refractivity contribution < 1.29 is 14.3 Å². The van der Waals surface area contributed by atoms with Gasteiger partial charge in [-0.05, 0) is 36.4 Å². The Hall–Kier alpha value is -4.14. The van der Waals surface area contributed by atoms with Gasteiger partial charge >= 0.3 is 5.97 Å². The number of H-pyrrole nitrogens is 1. The number of carbonyl (C=O) groups excluding carboxylic acids is 1. The molecule has 0 saturated carbocycles. The number of rotatable bonds is 7. The number of aromatic amines is 1. The molecule has 2 heterocycles. The maximum atomic E-state index is 12.4. The zero-order chi connectivity index (χ0) is 20.9. The fourth-order valence-electron chi connectivity index (χ4n) is 2.90. The van der Waals surface area contributed by atoms with Crippen molar-refractivity contribution in [1.29, 1.82) is 0 Å². The van der Waals surface area contributed by atoms with Gasteiger partial charge in [0.1, 0.15) is 17.7 Å². The average Bonchev–Trinajstić information content (AvgIpc) is 3.22. The SMILES string of the molecule is COC(=O)c1ccc(OCCNc2nc3c(cnn3-c3ccccc3)c(=O)[nH]2)cc1. The summed E-state index contributed by atoms with van der Waals surface area (Å²) in [6.07, 6.45) is 1.50. The van der Waals surface area contributed by atoms with Gasteiger partial charge in [0.15, 0.2) is 5.65 Å². The molecule has 2 N–H and O–H groups in total. The Morgan fingerprint density at radius 2 is 1.90 bits per heavy atom. The molecule has 0 aliphatic carbocycles. The molecule has 0 saturated heterocycles. The number of hydrogen-bond donors (Lipinski definition) is 2. The maximum Gasteiger partial charge on any atom is 0.337 e. The summed E-state index contributed by atoms with van der Waals surface area (Å²) in [5, 5.41) is 7.73. The summed E-state index contributed by atoms with van der Waals surface area (Å²) in [5.41, 5.74) is 1.46. The Balaban J connectivity index is 1.42. The van der Waals surface area contributed by atoms with Crippen molar-refractivity contribution in [2.45, 2.75) is 0 Å². The van der Waals surface area contributed by atoms with Crippen LogP contribution < -0.4 is 15.6 Å². The van der Waals surface area contributed by atoms with Gasteiger partial charge in [0.2, 0.25) is 5.95 Å². The van der Waals surface area contributed by atoms with E-state index >= 15 is 0 Å². The fourth-order valence-corrected chi connectivity index (χ4v) is 2.90. The average molecular weight is 405 g/mol. The second-order valence-electron chi connectivity index (χ2n) is 6.33. The second-order valence-corrected chi connectivity index (χ2v) is 6.33. The molecule has 0 spiro atoms. The van der Waals surface area contributed by atoms with Gasteiger partial charge in [-0.25, -0.2) is 9.48 Å². The van der Waals surface area contributed by atoms with Gasteiger partial charge in [0, 0.05) is 0 Å². The van der Waals surface area contributed by atoms with Crippen LogP contribution in [0.2, 0.25) is 0 Å². The minimum atomic E-state index is -0.400. The summed E-state index contributed by atoms with van der Waals surface area (Å²) < 4.78 is 11.9. The number of fused-ring (bicyclic) bond motifs is 1. The molecule has 9 nitrogen and oxygen atoms in total. The number of esters is 1. The Morgan fingerprint density at radius 3 is 2.63 bits per heavy atom. The van der Waals surface area contributed by atoms with Gasteiger partial charge in [0.05, 0.1) is 31.1 Å². The molecular formula is C21H19N5O4. The van der Waals surface area contributed by atoms with E-state index < -0.39 is 5.97 Å². The van der Waals surface area contributed by atoms with E-state index in [0.717, 1.165) is 5.69 Å². The van der Waals surface area contributed by atoms with Crippen molar-refractivity contribution in [3.63, 3.8) is 0 Å². The number of methoxy groups -OCH3 is 1. The Morgan fingerprint density at radius 1 is 1.13 bits per heavy atom. The van der Waals surface area contributed by atoms with Crippen molar-refractivity contribution in [1.82, 2.24) is 19.7 Å². The zero-order valence-electron chi connectivity index (χ0n) is 16.2. The molecule has 9 heteroatoms. The Kier molecular flexibility index (Phi) is 5.42. The molecule has 0 bridgehead atoms. The van der Waals surface area contributed by atoms with E-state index in [1.807, 2.05) is 30.3 Å². The first-order chi connectivity index (χ1) is 14.7. The highest BCUT2D eigenvalue weighted by molar-refractivity contribution is 5.89. The van der Waals surface area contributed by atoms with Gasteiger partial charge in [-0.15, -0.1) is 0 Å². The first kappa shape index (κ1) is 19.2. The quantitative estimate of drug-likeness (QED) is 0.359. The zero-order valence-corrected chi connectivity index (χ0v) is 16.2. The number of hydrogen-bond acceptors (Lipinski definition) is 7. The predicted molar refractivity (Wildman–Crippen MR) is 111 cm³/mol. The van der Waals surface area contributed by atoms with Crippen LogP contribution in [0.25, 0.3) is 16.7 Å². The summed E-state index contributed by atoms with van der Waals surface area (Å²) in [7, 11) is 1.33. The summed E-state index contributed by atoms with van der Waals surface area (Å²) >= 11 is 0. The summed E-state index contributed by atoms with van der Waals surface area (Å²) in [5.74, 6) is 0.543. The van der Waals surface area contributed by atoms with E-state index in [1.165, 1.54) is 13.3 Å². The molecule has 4 rings (SSSR count). The molecule has 0 fully saturated rings. The predicted octanol–water partition coefficient (Wildman–Crippen LogP) is 2.39. The lowest BCUT2D eigenvalue weighted by molar-refractivity contribution is 0.0600. The molecule has 0 unspecified atom stereocenters. The number of anilines is 1. The van der Waals surface area contributed by atoms with Crippen LogP contribution in [-0.4, -0.2) is 46.0 Å². The first-order valence-electron chi connectivity index (χ1n) is 9.24. The third-order valence-corrected chi connectivity index (χ3v) is 4.38. The van der Waals surface area contributed by atoms with Gasteiger partial charge in [0.25, 0.3) is 5.56 Å². The lowest BCUT2D eigenvalue weighted by Gasteiger charge is -2.09. The second kappa shape index (κ2) is 8.48. The number of ether oxygens (including phenoxy) is 2. The van der Waals surface area contributed by atoms with Crippen molar-refractivity contribution in [3.05, 3.63) is 76.7 Å². The highest BCUT2D eigenvalue weighted by atomic mass is 16.5. The van der Waals surface area contributed by atoms with Crippen molar-refractivity contribution in [2.24, 2.45) is 0 Å². The van der Waals surface area contributed by atoms with Crippen LogP contribution in [-0.2, 0) is 4.74 Å². The highest BCUT2D eigenvalue weighted by Crippen LogP contribution is 2.15. The van der Waals surface area contributed by atoms with Crippen molar-refractivity contribution in [2.75, 3.05) is 25.6 Å².